The predicted octanol–water partition coefficient (Wildman–Crippen LogP) is 4.28. The molecule has 0 amide bonds. The zero-order valence-electron chi connectivity index (χ0n) is 19.6. The van der Waals surface area contributed by atoms with Crippen LogP contribution in [0, 0.1) is 0 Å². The van der Waals surface area contributed by atoms with Gasteiger partial charge >= 0.3 is 0 Å². The van der Waals surface area contributed by atoms with E-state index in [1.54, 1.807) is 31.0 Å². The van der Waals surface area contributed by atoms with Crippen molar-refractivity contribution >= 4 is 22.1 Å². The fourth-order valence-corrected chi connectivity index (χ4v) is 4.47. The number of H-pyrrole nitrogens is 2. The van der Waals surface area contributed by atoms with Gasteiger partial charge in [0.15, 0.2) is 11.5 Å². The van der Waals surface area contributed by atoms with Gasteiger partial charge in [0.2, 0.25) is 0 Å². The van der Waals surface area contributed by atoms with E-state index in [1.165, 1.54) is 0 Å². The van der Waals surface area contributed by atoms with Crippen LogP contribution >= 0.6 is 0 Å². The van der Waals surface area contributed by atoms with Crippen LogP contribution in [0.1, 0.15) is 6.42 Å². The van der Waals surface area contributed by atoms with E-state index in [1.807, 2.05) is 36.4 Å². The van der Waals surface area contributed by atoms with Crippen LogP contribution in [0.15, 0.2) is 79.2 Å². The quantitative estimate of drug-likeness (QED) is 0.329. The first-order valence-electron chi connectivity index (χ1n) is 12.0. The molecule has 0 saturated heterocycles. The van der Waals surface area contributed by atoms with Gasteiger partial charge in [-0.3, -0.25) is 20.1 Å². The van der Waals surface area contributed by atoms with Crippen molar-refractivity contribution in [3.8, 4) is 39.8 Å². The first kappa shape index (κ1) is 21.3. The summed E-state index contributed by atoms with van der Waals surface area (Å²) in [6.45, 7) is 1.71. The van der Waals surface area contributed by atoms with Crippen LogP contribution in [0.3, 0.4) is 0 Å². The van der Waals surface area contributed by atoms with Gasteiger partial charge in [-0.15, -0.1) is 0 Å². The summed E-state index contributed by atoms with van der Waals surface area (Å²) >= 11 is 0. The molecule has 0 atom stereocenters. The second kappa shape index (κ2) is 8.92. The highest BCUT2D eigenvalue weighted by Crippen LogP contribution is 2.32. The van der Waals surface area contributed by atoms with Crippen LogP contribution in [-0.2, 0) is 0 Å². The molecule has 6 aromatic heterocycles. The molecule has 0 aromatic carbocycles. The molecule has 180 valence electrons. The number of ether oxygens (including phenoxy) is 1. The predicted molar refractivity (Wildman–Crippen MR) is 139 cm³/mol. The molecule has 0 radical (unpaired) electrons. The SMILES string of the molecule is C1=C(Oc2cncc(-c3cc4c(-c5nc6c(-c7ccccn7)ccnc6[nH]5)n[nH]c4cn3)c2)CCNC1. The maximum atomic E-state index is 6.05. The Morgan fingerprint density at radius 1 is 0.919 bits per heavy atom. The number of aromatic amines is 2. The number of hydrogen-bond acceptors (Lipinski definition) is 8. The number of pyridine rings is 4. The fourth-order valence-electron chi connectivity index (χ4n) is 4.47. The Hall–Kier alpha value is -4.96. The highest BCUT2D eigenvalue weighted by Gasteiger charge is 2.17. The van der Waals surface area contributed by atoms with Gasteiger partial charge in [-0.05, 0) is 36.4 Å². The Morgan fingerprint density at radius 3 is 2.81 bits per heavy atom. The van der Waals surface area contributed by atoms with E-state index in [-0.39, 0.29) is 0 Å². The van der Waals surface area contributed by atoms with Crippen LogP contribution < -0.4 is 10.1 Å². The molecule has 1 aliphatic rings. The molecule has 1 aliphatic heterocycles. The van der Waals surface area contributed by atoms with E-state index in [0.717, 1.165) is 64.2 Å². The molecular formula is C27H21N9O. The number of fused-ring (bicyclic) bond motifs is 2. The molecule has 3 N–H and O–H groups in total. The second-order valence-electron chi connectivity index (χ2n) is 8.68. The minimum Gasteiger partial charge on any atom is -0.460 e. The molecule has 0 bridgehead atoms. The van der Waals surface area contributed by atoms with Gasteiger partial charge in [-0.25, -0.2) is 9.97 Å². The minimum atomic E-state index is 0.613. The molecule has 7 rings (SSSR count). The van der Waals surface area contributed by atoms with Gasteiger partial charge in [-0.2, -0.15) is 5.10 Å². The van der Waals surface area contributed by atoms with Crippen molar-refractivity contribution < 1.29 is 4.74 Å². The third kappa shape index (κ3) is 3.99. The summed E-state index contributed by atoms with van der Waals surface area (Å²) in [7, 11) is 0. The largest absolute Gasteiger partial charge is 0.460 e. The lowest BCUT2D eigenvalue weighted by Gasteiger charge is -2.15. The average molecular weight is 488 g/mol. The van der Waals surface area contributed by atoms with Gasteiger partial charge < -0.3 is 15.0 Å². The summed E-state index contributed by atoms with van der Waals surface area (Å²) < 4.78 is 6.05. The van der Waals surface area contributed by atoms with E-state index in [2.05, 4.69) is 46.5 Å². The molecule has 0 saturated carbocycles. The van der Waals surface area contributed by atoms with E-state index in [9.17, 15) is 0 Å². The smallest absolute Gasteiger partial charge is 0.160 e. The maximum Gasteiger partial charge on any atom is 0.160 e. The molecule has 6 aromatic rings. The Kier molecular flexibility index (Phi) is 5.14. The van der Waals surface area contributed by atoms with E-state index in [0.29, 0.717) is 22.9 Å². The van der Waals surface area contributed by atoms with Crippen LogP contribution in [0.5, 0.6) is 5.75 Å². The number of nitrogens with one attached hydrogen (secondary N) is 3. The summed E-state index contributed by atoms with van der Waals surface area (Å²) in [5, 5.41) is 11.8. The molecule has 0 spiro atoms. The lowest BCUT2D eigenvalue weighted by atomic mass is 10.1. The lowest BCUT2D eigenvalue weighted by Crippen LogP contribution is -2.22. The summed E-state index contributed by atoms with van der Waals surface area (Å²) in [5.74, 6) is 2.24. The van der Waals surface area contributed by atoms with Crippen molar-refractivity contribution in [3.05, 3.63) is 79.2 Å². The number of imidazole rings is 1. The maximum absolute atomic E-state index is 6.05. The Labute approximate surface area is 210 Å². The third-order valence-corrected chi connectivity index (χ3v) is 6.28. The second-order valence-corrected chi connectivity index (χ2v) is 8.68. The number of hydrogen-bond donors (Lipinski definition) is 3. The Balaban J connectivity index is 1.27. The molecule has 10 nitrogen and oxygen atoms in total. The molecule has 0 unspecified atom stereocenters. The lowest BCUT2D eigenvalue weighted by molar-refractivity contribution is 0.387. The van der Waals surface area contributed by atoms with Crippen LogP contribution in [-0.4, -0.2) is 53.2 Å². The minimum absolute atomic E-state index is 0.613. The van der Waals surface area contributed by atoms with Crippen molar-refractivity contribution in [3.63, 3.8) is 0 Å². The summed E-state index contributed by atoms with van der Waals surface area (Å²) in [6.07, 6.45) is 11.7. The zero-order chi connectivity index (χ0) is 24.6. The number of aromatic nitrogens is 8. The zero-order valence-corrected chi connectivity index (χ0v) is 19.6. The normalized spacial score (nSPS) is 13.7. The summed E-state index contributed by atoms with van der Waals surface area (Å²) in [4.78, 5) is 26.1. The van der Waals surface area contributed by atoms with Crippen LogP contribution in [0.25, 0.3) is 56.1 Å². The van der Waals surface area contributed by atoms with E-state index < -0.39 is 0 Å². The topological polar surface area (TPSA) is 130 Å². The van der Waals surface area contributed by atoms with Gasteiger partial charge in [0, 0.05) is 54.6 Å². The monoisotopic (exact) mass is 487 g/mol. The van der Waals surface area contributed by atoms with E-state index in [4.69, 9.17) is 9.72 Å². The molecule has 0 fully saturated rings. The third-order valence-electron chi connectivity index (χ3n) is 6.28. The summed E-state index contributed by atoms with van der Waals surface area (Å²) in [5.41, 5.74) is 6.25. The van der Waals surface area contributed by atoms with Gasteiger partial charge in [-0.1, -0.05) is 6.07 Å². The van der Waals surface area contributed by atoms with Gasteiger partial charge in [0.1, 0.15) is 22.7 Å². The van der Waals surface area contributed by atoms with Gasteiger partial charge in [0.25, 0.3) is 0 Å². The molecule has 7 heterocycles. The van der Waals surface area contributed by atoms with Gasteiger partial charge in [0.05, 0.1) is 29.3 Å². The molecular weight excluding hydrogens is 466 g/mol. The first-order chi connectivity index (χ1) is 18.3. The summed E-state index contributed by atoms with van der Waals surface area (Å²) in [6, 6.07) is 11.7. The highest BCUT2D eigenvalue weighted by molar-refractivity contribution is 5.96. The van der Waals surface area contributed by atoms with Crippen LogP contribution in [0.4, 0.5) is 0 Å². The van der Waals surface area contributed by atoms with E-state index >= 15 is 0 Å². The highest BCUT2D eigenvalue weighted by atomic mass is 16.5. The fraction of sp³-hybridized carbons (Fsp3) is 0.111. The Morgan fingerprint density at radius 2 is 1.92 bits per heavy atom. The average Bonchev–Trinajstić information content (AvgIpc) is 3.58. The van der Waals surface area contributed by atoms with Crippen molar-refractivity contribution in [2.45, 2.75) is 6.42 Å². The van der Waals surface area contributed by atoms with Crippen molar-refractivity contribution in [1.29, 1.82) is 0 Å². The molecule has 37 heavy (non-hydrogen) atoms. The molecule has 0 aliphatic carbocycles. The van der Waals surface area contributed by atoms with Crippen molar-refractivity contribution in [2.75, 3.05) is 13.1 Å². The molecule has 10 heteroatoms. The first-order valence-corrected chi connectivity index (χ1v) is 12.0. The standard InChI is InChI=1S/C27H21N9O/c1-2-7-30-21(3-1)19-6-10-31-26-24(19)33-27(34-26)25-20-12-22(32-15-23(20)35-36-25)16-11-18(14-29-13-16)37-17-4-8-28-9-5-17/h1-4,6-7,10-15,28H,5,8-9H2,(H,35,36)(H,31,33,34). The van der Waals surface area contributed by atoms with Crippen LogP contribution in [0.2, 0.25) is 0 Å². The number of nitrogens with zero attached hydrogens (tertiary/aromatic N) is 6. The van der Waals surface area contributed by atoms with Crippen molar-refractivity contribution in [1.82, 2.24) is 45.4 Å². The van der Waals surface area contributed by atoms with Crippen molar-refractivity contribution in [2.24, 2.45) is 0 Å². The number of rotatable bonds is 5. The Bertz CT molecular complexity index is 1770.